The molecule has 0 heterocycles. The van der Waals surface area contributed by atoms with Gasteiger partial charge in [-0.3, -0.25) is 4.79 Å². The van der Waals surface area contributed by atoms with Crippen molar-refractivity contribution < 1.29 is 19.8 Å². The molecule has 0 saturated carbocycles. The third-order valence-corrected chi connectivity index (χ3v) is 1.52. The Morgan fingerprint density at radius 3 is 2.47 bits per heavy atom. The van der Waals surface area contributed by atoms with Gasteiger partial charge in [0.05, 0.1) is 6.61 Å². The van der Waals surface area contributed by atoms with Gasteiger partial charge in [0, 0.05) is 5.69 Å². The summed E-state index contributed by atoms with van der Waals surface area (Å²) < 4.78 is 4.76. The van der Waals surface area contributed by atoms with Gasteiger partial charge in [0.2, 0.25) is 0 Å². The Balaban J connectivity index is 0.000000557. The topological polar surface area (TPSA) is 102 Å². The highest BCUT2D eigenvalue weighted by atomic mass is 16.9. The number of anilines is 1. The van der Waals surface area contributed by atoms with E-state index in [0.29, 0.717) is 6.61 Å². The third-order valence-electron chi connectivity index (χ3n) is 1.52. The van der Waals surface area contributed by atoms with E-state index in [1.807, 2.05) is 30.3 Å². The van der Waals surface area contributed by atoms with Gasteiger partial charge in [-0.25, -0.2) is 0 Å². The van der Waals surface area contributed by atoms with Crippen molar-refractivity contribution in [1.82, 2.24) is 0 Å². The van der Waals surface area contributed by atoms with Gasteiger partial charge >= 0.3 is 5.97 Å². The molecule has 7 heteroatoms. The molecule has 0 unspecified atom stereocenters. The molecular weight excluding hydrogens is 228 g/mol. The van der Waals surface area contributed by atoms with E-state index in [9.17, 15) is 4.79 Å². The molecule has 7 nitrogen and oxygen atoms in total. The second kappa shape index (κ2) is 8.96. The maximum atomic E-state index is 10.9. The van der Waals surface area contributed by atoms with Crippen LogP contribution in [0.5, 0.6) is 0 Å². The van der Waals surface area contributed by atoms with Crippen molar-refractivity contribution in [2.24, 2.45) is 0 Å². The Morgan fingerprint density at radius 2 is 2.00 bits per heavy atom. The Morgan fingerprint density at radius 1 is 1.47 bits per heavy atom. The molecule has 2 N–H and O–H groups in total. The van der Waals surface area contributed by atoms with E-state index >= 15 is 0 Å². The minimum atomic E-state index is -1.50. The van der Waals surface area contributed by atoms with Gasteiger partial charge in [-0.2, -0.15) is 0 Å². The van der Waals surface area contributed by atoms with Crippen LogP contribution in [-0.4, -0.2) is 29.4 Å². The van der Waals surface area contributed by atoms with Crippen LogP contribution in [0, 0.1) is 10.1 Å². The first-order valence-electron chi connectivity index (χ1n) is 4.84. The fourth-order valence-electron chi connectivity index (χ4n) is 0.942. The first-order valence-corrected chi connectivity index (χ1v) is 4.84. The number of carbonyl (C=O) groups excluding carboxylic acids is 1. The molecule has 1 aromatic rings. The number of hydrogen-bond acceptors (Lipinski definition) is 5. The van der Waals surface area contributed by atoms with Gasteiger partial charge < -0.3 is 15.3 Å². The molecule has 1 rings (SSSR count). The molecule has 0 aliphatic heterocycles. The molecule has 0 spiro atoms. The van der Waals surface area contributed by atoms with E-state index in [2.05, 4.69) is 5.32 Å². The van der Waals surface area contributed by atoms with E-state index in [1.165, 1.54) is 0 Å². The highest BCUT2D eigenvalue weighted by Gasteiger charge is 1.99. The monoisotopic (exact) mass is 242 g/mol. The lowest BCUT2D eigenvalue weighted by atomic mass is 10.3. The molecule has 0 aromatic heterocycles. The SMILES string of the molecule is CCOC(=O)CNc1ccccc1.O=[N+]([O-])O. The Bertz CT molecular complexity index is 338. The lowest BCUT2D eigenvalue weighted by Gasteiger charge is -2.04. The van der Waals surface area contributed by atoms with Crippen LogP contribution in [0.15, 0.2) is 30.3 Å². The highest BCUT2D eigenvalue weighted by Crippen LogP contribution is 2.03. The summed E-state index contributed by atoms with van der Waals surface area (Å²) in [6.07, 6.45) is 0. The molecule has 1 aromatic carbocycles. The fraction of sp³-hybridized carbons (Fsp3) is 0.300. The Labute approximate surface area is 98.1 Å². The number of hydrogen-bond donors (Lipinski definition) is 2. The van der Waals surface area contributed by atoms with Gasteiger partial charge in [-0.05, 0) is 19.1 Å². The minimum absolute atomic E-state index is 0.220. The van der Waals surface area contributed by atoms with Gasteiger partial charge in [0.15, 0.2) is 0 Å². The molecular formula is C10H14N2O5. The number of para-hydroxylation sites is 1. The summed E-state index contributed by atoms with van der Waals surface area (Å²) in [5.74, 6) is -0.230. The number of benzene rings is 1. The number of esters is 1. The summed E-state index contributed by atoms with van der Waals surface area (Å²) in [5, 5.41) is 16.6. The van der Waals surface area contributed by atoms with E-state index in [0.717, 1.165) is 5.69 Å². The van der Waals surface area contributed by atoms with Crippen molar-refractivity contribution >= 4 is 11.7 Å². The molecule has 0 aliphatic carbocycles. The normalized spacial score (nSPS) is 8.53. The fourth-order valence-corrected chi connectivity index (χ4v) is 0.942. The molecule has 0 radical (unpaired) electrons. The first-order chi connectivity index (χ1) is 8.06. The van der Waals surface area contributed by atoms with Crippen molar-refractivity contribution in [3.63, 3.8) is 0 Å². The van der Waals surface area contributed by atoms with Crippen LogP contribution in [0.4, 0.5) is 5.69 Å². The zero-order valence-electron chi connectivity index (χ0n) is 9.33. The second-order valence-corrected chi connectivity index (χ2v) is 2.76. The maximum Gasteiger partial charge on any atom is 0.325 e. The highest BCUT2D eigenvalue weighted by molar-refractivity contribution is 5.74. The van der Waals surface area contributed by atoms with Crippen LogP contribution in [0.2, 0.25) is 0 Å². The predicted octanol–water partition coefficient (Wildman–Crippen LogP) is 1.31. The standard InChI is InChI=1S/C10H13NO2.HNO3/c1-2-13-10(12)8-11-9-6-4-3-5-7-9;2-1(3)4/h3-7,11H,2,8H2,1H3;(H,2,3,4). The molecule has 0 aliphatic rings. The summed E-state index contributed by atoms with van der Waals surface area (Å²) in [7, 11) is 0. The molecule has 0 atom stereocenters. The minimum Gasteiger partial charge on any atom is -0.465 e. The summed E-state index contributed by atoms with van der Waals surface area (Å²) in [6.45, 7) is 2.44. The average molecular weight is 242 g/mol. The largest absolute Gasteiger partial charge is 0.465 e. The summed E-state index contributed by atoms with van der Waals surface area (Å²) in [6, 6.07) is 9.55. The average Bonchev–Trinajstić information content (AvgIpc) is 2.27. The number of ether oxygens (including phenoxy) is 1. The number of rotatable bonds is 4. The van der Waals surface area contributed by atoms with Gasteiger partial charge in [-0.15, -0.1) is 10.1 Å². The molecule has 0 fully saturated rings. The van der Waals surface area contributed by atoms with Crippen molar-refractivity contribution in [3.8, 4) is 0 Å². The van der Waals surface area contributed by atoms with Crippen LogP contribution >= 0.6 is 0 Å². The second-order valence-electron chi connectivity index (χ2n) is 2.76. The number of carbonyl (C=O) groups is 1. The lowest BCUT2D eigenvalue weighted by molar-refractivity contribution is -0.742. The van der Waals surface area contributed by atoms with E-state index in [4.69, 9.17) is 20.1 Å². The van der Waals surface area contributed by atoms with E-state index in [-0.39, 0.29) is 12.5 Å². The first kappa shape index (κ1) is 14.7. The summed E-state index contributed by atoms with van der Waals surface area (Å²) >= 11 is 0. The zero-order chi connectivity index (χ0) is 13.1. The van der Waals surface area contributed by atoms with Crippen LogP contribution in [0.25, 0.3) is 0 Å². The van der Waals surface area contributed by atoms with Crippen molar-refractivity contribution in [2.75, 3.05) is 18.5 Å². The van der Waals surface area contributed by atoms with Gasteiger partial charge in [0.25, 0.3) is 5.09 Å². The van der Waals surface area contributed by atoms with Crippen molar-refractivity contribution in [3.05, 3.63) is 40.4 Å². The van der Waals surface area contributed by atoms with Crippen molar-refractivity contribution in [1.29, 1.82) is 0 Å². The number of nitrogens with zero attached hydrogens (tertiary/aromatic N) is 1. The van der Waals surface area contributed by atoms with Crippen LogP contribution in [0.3, 0.4) is 0 Å². The smallest absolute Gasteiger partial charge is 0.325 e. The summed E-state index contributed by atoms with van der Waals surface area (Å²) in [5.41, 5.74) is 0.926. The lowest BCUT2D eigenvalue weighted by Crippen LogP contribution is -2.16. The summed E-state index contributed by atoms with van der Waals surface area (Å²) in [4.78, 5) is 19.3. The Kier molecular flexibility index (Phi) is 7.74. The predicted molar refractivity (Wildman–Crippen MR) is 60.3 cm³/mol. The van der Waals surface area contributed by atoms with Crippen LogP contribution in [0.1, 0.15) is 6.92 Å². The molecule has 0 saturated heterocycles. The zero-order valence-corrected chi connectivity index (χ0v) is 9.33. The third kappa shape index (κ3) is 9.98. The molecule has 17 heavy (non-hydrogen) atoms. The van der Waals surface area contributed by atoms with Gasteiger partial charge in [-0.1, -0.05) is 18.2 Å². The van der Waals surface area contributed by atoms with Crippen molar-refractivity contribution in [2.45, 2.75) is 6.92 Å². The number of nitrogens with one attached hydrogen (secondary N) is 1. The van der Waals surface area contributed by atoms with E-state index in [1.54, 1.807) is 6.92 Å². The van der Waals surface area contributed by atoms with E-state index < -0.39 is 5.09 Å². The molecule has 94 valence electrons. The quantitative estimate of drug-likeness (QED) is 0.469. The van der Waals surface area contributed by atoms with Gasteiger partial charge in [0.1, 0.15) is 6.54 Å². The van der Waals surface area contributed by atoms with Crippen LogP contribution < -0.4 is 5.32 Å². The molecule has 0 amide bonds. The molecule has 0 bridgehead atoms. The maximum absolute atomic E-state index is 10.9. The van der Waals surface area contributed by atoms with Crippen LogP contribution in [-0.2, 0) is 9.53 Å². The Hall–Kier alpha value is -2.31.